The van der Waals surface area contributed by atoms with Crippen LogP contribution in [-0.2, 0) is 4.79 Å². The minimum Gasteiger partial charge on any atom is -0.492 e. The Morgan fingerprint density at radius 2 is 2.17 bits per heavy atom. The molecule has 4 nitrogen and oxygen atoms in total. The summed E-state index contributed by atoms with van der Waals surface area (Å²) in [5.41, 5.74) is 5.82. The summed E-state index contributed by atoms with van der Waals surface area (Å²) < 4.78 is 5.48. The minimum absolute atomic E-state index is 0.113. The number of thiocarbonyl (C=S) groups is 1. The van der Waals surface area contributed by atoms with E-state index in [4.69, 9.17) is 22.7 Å². The third kappa shape index (κ3) is 2.31. The van der Waals surface area contributed by atoms with Crippen LogP contribution in [0.15, 0.2) is 24.3 Å². The van der Waals surface area contributed by atoms with Crippen LogP contribution in [0.1, 0.15) is 25.3 Å². The van der Waals surface area contributed by atoms with Crippen LogP contribution >= 0.6 is 12.2 Å². The second kappa shape index (κ2) is 4.57. The van der Waals surface area contributed by atoms with Crippen molar-refractivity contribution in [3.05, 3.63) is 29.8 Å². The Labute approximate surface area is 112 Å². The number of carbonyl (C=O) groups is 1. The van der Waals surface area contributed by atoms with Crippen molar-refractivity contribution < 1.29 is 9.53 Å². The Bertz CT molecular complexity index is 500. The number of para-hydroxylation sites is 1. The molecule has 0 fully saturated rings. The highest BCUT2D eigenvalue weighted by molar-refractivity contribution is 7.80. The second-order valence-electron chi connectivity index (χ2n) is 4.88. The maximum absolute atomic E-state index is 12.2. The molecule has 96 valence electrons. The first kappa shape index (κ1) is 12.8. The van der Waals surface area contributed by atoms with Gasteiger partial charge in [-0.15, -0.1) is 0 Å². The summed E-state index contributed by atoms with van der Waals surface area (Å²) in [5, 5.41) is 2.85. The Morgan fingerprint density at radius 3 is 2.83 bits per heavy atom. The molecule has 1 aromatic rings. The number of benzene rings is 1. The van der Waals surface area contributed by atoms with Crippen LogP contribution in [0.4, 0.5) is 0 Å². The summed E-state index contributed by atoms with van der Waals surface area (Å²) in [6.45, 7) is 3.93. The van der Waals surface area contributed by atoms with E-state index in [0.29, 0.717) is 6.61 Å². The van der Waals surface area contributed by atoms with E-state index in [1.54, 1.807) is 13.8 Å². The van der Waals surface area contributed by atoms with Crippen molar-refractivity contribution in [2.45, 2.75) is 25.3 Å². The second-order valence-corrected chi connectivity index (χ2v) is 5.32. The van der Waals surface area contributed by atoms with Gasteiger partial charge in [0.05, 0.1) is 10.5 Å². The van der Waals surface area contributed by atoms with Gasteiger partial charge in [-0.3, -0.25) is 4.79 Å². The van der Waals surface area contributed by atoms with Gasteiger partial charge in [0.1, 0.15) is 18.3 Å². The minimum atomic E-state index is -0.691. The zero-order valence-corrected chi connectivity index (χ0v) is 11.2. The summed E-state index contributed by atoms with van der Waals surface area (Å²) in [6.07, 6.45) is 0. The predicted molar refractivity (Wildman–Crippen MR) is 73.7 cm³/mol. The molecule has 3 N–H and O–H groups in total. The van der Waals surface area contributed by atoms with Crippen molar-refractivity contribution in [3.8, 4) is 5.75 Å². The average Bonchev–Trinajstić information content (AvgIpc) is 2.71. The van der Waals surface area contributed by atoms with Crippen molar-refractivity contribution in [1.82, 2.24) is 5.32 Å². The van der Waals surface area contributed by atoms with E-state index in [9.17, 15) is 4.79 Å². The molecule has 0 aliphatic carbocycles. The van der Waals surface area contributed by atoms with E-state index >= 15 is 0 Å². The summed E-state index contributed by atoms with van der Waals surface area (Å²) >= 11 is 4.93. The smallest absolute Gasteiger partial charge is 0.231 e. The number of hydrogen-bond donors (Lipinski definition) is 2. The van der Waals surface area contributed by atoms with Crippen molar-refractivity contribution in [1.29, 1.82) is 0 Å². The topological polar surface area (TPSA) is 64.3 Å². The maximum atomic E-state index is 12.2. The molecule has 1 amide bonds. The highest BCUT2D eigenvalue weighted by Crippen LogP contribution is 2.33. The molecule has 0 saturated heterocycles. The molecule has 18 heavy (non-hydrogen) atoms. The largest absolute Gasteiger partial charge is 0.492 e. The zero-order chi connectivity index (χ0) is 13.3. The molecule has 5 heteroatoms. The highest BCUT2D eigenvalue weighted by Gasteiger charge is 2.33. The lowest BCUT2D eigenvalue weighted by molar-refractivity contribution is -0.123. The Balaban J connectivity index is 2.15. The molecule has 1 aromatic carbocycles. The number of hydrogen-bond acceptors (Lipinski definition) is 3. The summed E-state index contributed by atoms with van der Waals surface area (Å²) in [4.78, 5) is 12.5. The monoisotopic (exact) mass is 264 g/mol. The van der Waals surface area contributed by atoms with Crippen molar-refractivity contribution in [2.24, 2.45) is 5.73 Å². The summed E-state index contributed by atoms with van der Waals surface area (Å²) in [6, 6.07) is 7.55. The van der Waals surface area contributed by atoms with Crippen LogP contribution in [-0.4, -0.2) is 23.0 Å². The van der Waals surface area contributed by atoms with Gasteiger partial charge in [0.15, 0.2) is 0 Å². The standard InChI is InChI=1S/C13H16N2O2S/c1-13(2,12(14)18)15-11(16)9-7-17-10-6-4-3-5-8(9)10/h3-6,9H,7H2,1-2H3,(H2,14,18)(H,15,16). The quantitative estimate of drug-likeness (QED) is 0.809. The molecule has 0 saturated carbocycles. The maximum Gasteiger partial charge on any atom is 0.231 e. The lowest BCUT2D eigenvalue weighted by atomic mass is 9.98. The number of nitrogens with two attached hydrogens (primary N) is 1. The van der Waals surface area contributed by atoms with Gasteiger partial charge in [0.25, 0.3) is 0 Å². The van der Waals surface area contributed by atoms with E-state index in [1.165, 1.54) is 0 Å². The van der Waals surface area contributed by atoms with Gasteiger partial charge in [-0.25, -0.2) is 0 Å². The molecule has 1 aliphatic heterocycles. The molecule has 1 unspecified atom stereocenters. The van der Waals surface area contributed by atoms with Crippen LogP contribution < -0.4 is 15.8 Å². The van der Waals surface area contributed by atoms with E-state index in [-0.39, 0.29) is 16.8 Å². The predicted octanol–water partition coefficient (Wildman–Crippen LogP) is 1.34. The SMILES string of the molecule is CC(C)(NC(=O)C1COc2ccccc21)C(N)=S. The number of nitrogens with one attached hydrogen (secondary N) is 1. The van der Waals surface area contributed by atoms with Crippen LogP contribution in [0.2, 0.25) is 0 Å². The molecule has 1 atom stereocenters. The zero-order valence-electron chi connectivity index (χ0n) is 10.4. The fourth-order valence-electron chi connectivity index (χ4n) is 1.84. The van der Waals surface area contributed by atoms with Crippen LogP contribution in [0.5, 0.6) is 5.75 Å². The third-order valence-corrected chi connectivity index (χ3v) is 3.58. The molecule has 1 heterocycles. The van der Waals surface area contributed by atoms with Crippen LogP contribution in [0.3, 0.4) is 0 Å². The lowest BCUT2D eigenvalue weighted by Crippen LogP contribution is -2.53. The number of carbonyl (C=O) groups excluding carboxylic acids is 1. The number of rotatable bonds is 3. The van der Waals surface area contributed by atoms with Gasteiger partial charge < -0.3 is 15.8 Å². The van der Waals surface area contributed by atoms with Crippen molar-refractivity contribution in [3.63, 3.8) is 0 Å². The summed E-state index contributed by atoms with van der Waals surface area (Å²) in [5.74, 6) is 0.360. The Morgan fingerprint density at radius 1 is 1.50 bits per heavy atom. The lowest BCUT2D eigenvalue weighted by Gasteiger charge is -2.26. The normalized spacial score (nSPS) is 17.8. The van der Waals surface area contributed by atoms with Gasteiger partial charge in [0, 0.05) is 5.56 Å². The number of amides is 1. The van der Waals surface area contributed by atoms with E-state index in [1.807, 2.05) is 24.3 Å². The van der Waals surface area contributed by atoms with Crippen LogP contribution in [0, 0.1) is 0 Å². The molecular weight excluding hydrogens is 248 g/mol. The van der Waals surface area contributed by atoms with Gasteiger partial charge in [-0.2, -0.15) is 0 Å². The molecule has 0 radical (unpaired) electrons. The fourth-order valence-corrected chi connectivity index (χ4v) is 1.89. The first-order valence-corrected chi connectivity index (χ1v) is 6.16. The van der Waals surface area contributed by atoms with Gasteiger partial charge in [-0.1, -0.05) is 30.4 Å². The number of fused-ring (bicyclic) bond motifs is 1. The Kier molecular flexibility index (Phi) is 3.26. The van der Waals surface area contributed by atoms with E-state index in [2.05, 4.69) is 5.32 Å². The first-order valence-electron chi connectivity index (χ1n) is 5.75. The Hall–Kier alpha value is -1.62. The van der Waals surface area contributed by atoms with Crippen molar-refractivity contribution in [2.75, 3.05) is 6.61 Å². The highest BCUT2D eigenvalue weighted by atomic mass is 32.1. The van der Waals surface area contributed by atoms with Gasteiger partial charge in [-0.05, 0) is 19.9 Å². The van der Waals surface area contributed by atoms with Gasteiger partial charge in [0.2, 0.25) is 5.91 Å². The van der Waals surface area contributed by atoms with E-state index < -0.39 is 5.54 Å². The third-order valence-electron chi connectivity index (χ3n) is 3.07. The molecular formula is C13H16N2O2S. The molecule has 1 aliphatic rings. The van der Waals surface area contributed by atoms with Crippen LogP contribution in [0.25, 0.3) is 0 Å². The molecule has 0 spiro atoms. The van der Waals surface area contributed by atoms with Crippen molar-refractivity contribution >= 4 is 23.1 Å². The molecule has 0 bridgehead atoms. The molecule has 2 rings (SSSR count). The number of ether oxygens (including phenoxy) is 1. The summed E-state index contributed by atoms with van der Waals surface area (Å²) in [7, 11) is 0. The first-order chi connectivity index (χ1) is 8.42. The average molecular weight is 264 g/mol. The van der Waals surface area contributed by atoms with Gasteiger partial charge >= 0.3 is 0 Å². The molecule has 0 aromatic heterocycles. The van der Waals surface area contributed by atoms with E-state index in [0.717, 1.165) is 11.3 Å². The fraction of sp³-hybridized carbons (Fsp3) is 0.385.